The standard InChI is InChI=1S/C28H25FN2O5/c1-3-34-26-16-19(9-14-25(26)36-18-21-7-5-6-8-24(21)29)15-22(17-30)27(32)31-23-12-10-20(11-13-23)28(33)35-4-2/h5-16H,3-4,18H2,1-2H3,(H,31,32)/b22-15+. The number of benzene rings is 3. The van der Waals surface area contributed by atoms with E-state index in [2.05, 4.69) is 5.32 Å². The van der Waals surface area contributed by atoms with Gasteiger partial charge in [-0.05, 0) is 68.0 Å². The minimum Gasteiger partial charge on any atom is -0.490 e. The zero-order chi connectivity index (χ0) is 25.9. The fourth-order valence-electron chi connectivity index (χ4n) is 3.19. The Bertz CT molecular complexity index is 1300. The van der Waals surface area contributed by atoms with Gasteiger partial charge in [-0.3, -0.25) is 4.79 Å². The van der Waals surface area contributed by atoms with Crippen LogP contribution < -0.4 is 14.8 Å². The molecule has 3 aromatic rings. The van der Waals surface area contributed by atoms with Crippen molar-refractivity contribution in [2.24, 2.45) is 0 Å². The van der Waals surface area contributed by atoms with Crippen LogP contribution in [-0.2, 0) is 16.1 Å². The molecule has 1 amide bonds. The Kier molecular flexibility index (Phi) is 9.18. The average molecular weight is 489 g/mol. The van der Waals surface area contributed by atoms with E-state index in [0.717, 1.165) is 0 Å². The first-order valence-electron chi connectivity index (χ1n) is 11.3. The highest BCUT2D eigenvalue weighted by molar-refractivity contribution is 6.09. The normalized spacial score (nSPS) is 10.8. The van der Waals surface area contributed by atoms with E-state index >= 15 is 0 Å². The molecule has 0 unspecified atom stereocenters. The molecule has 184 valence electrons. The van der Waals surface area contributed by atoms with Crippen molar-refractivity contribution < 1.29 is 28.2 Å². The fourth-order valence-corrected chi connectivity index (χ4v) is 3.19. The molecule has 0 aromatic heterocycles. The predicted molar refractivity (Wildman–Crippen MR) is 133 cm³/mol. The largest absolute Gasteiger partial charge is 0.490 e. The summed E-state index contributed by atoms with van der Waals surface area (Å²) < 4.78 is 30.2. The van der Waals surface area contributed by atoms with Gasteiger partial charge in [-0.25, -0.2) is 9.18 Å². The molecule has 3 aromatic carbocycles. The third-order valence-corrected chi connectivity index (χ3v) is 4.94. The van der Waals surface area contributed by atoms with Crippen molar-refractivity contribution in [2.45, 2.75) is 20.5 Å². The molecule has 0 atom stereocenters. The van der Waals surface area contributed by atoms with Crippen LogP contribution in [0, 0.1) is 17.1 Å². The highest BCUT2D eigenvalue weighted by Gasteiger charge is 2.13. The quantitative estimate of drug-likeness (QED) is 0.229. The van der Waals surface area contributed by atoms with Gasteiger partial charge in [0.1, 0.15) is 24.1 Å². The van der Waals surface area contributed by atoms with Gasteiger partial charge in [0.15, 0.2) is 11.5 Å². The van der Waals surface area contributed by atoms with E-state index in [9.17, 15) is 19.2 Å². The van der Waals surface area contributed by atoms with E-state index in [1.54, 1.807) is 55.5 Å². The predicted octanol–water partition coefficient (Wildman–Crippen LogP) is 5.53. The summed E-state index contributed by atoms with van der Waals surface area (Å²) in [7, 11) is 0. The van der Waals surface area contributed by atoms with Gasteiger partial charge < -0.3 is 19.5 Å². The van der Waals surface area contributed by atoms with Gasteiger partial charge in [-0.2, -0.15) is 5.26 Å². The topological polar surface area (TPSA) is 97.7 Å². The van der Waals surface area contributed by atoms with Crippen molar-refractivity contribution in [3.63, 3.8) is 0 Å². The lowest BCUT2D eigenvalue weighted by Gasteiger charge is -2.13. The molecule has 0 saturated heterocycles. The average Bonchev–Trinajstić information content (AvgIpc) is 2.88. The minimum absolute atomic E-state index is 0.0166. The first kappa shape index (κ1) is 26.0. The van der Waals surface area contributed by atoms with Crippen LogP contribution in [0.1, 0.15) is 35.3 Å². The first-order valence-corrected chi connectivity index (χ1v) is 11.3. The number of hydrogen-bond donors (Lipinski definition) is 1. The summed E-state index contributed by atoms with van der Waals surface area (Å²) in [6.07, 6.45) is 1.42. The third-order valence-electron chi connectivity index (χ3n) is 4.94. The molecule has 8 heteroatoms. The van der Waals surface area contributed by atoms with Crippen molar-refractivity contribution >= 4 is 23.6 Å². The number of rotatable bonds is 10. The maximum atomic E-state index is 13.9. The lowest BCUT2D eigenvalue weighted by molar-refractivity contribution is -0.112. The van der Waals surface area contributed by atoms with Gasteiger partial charge in [-0.15, -0.1) is 0 Å². The van der Waals surface area contributed by atoms with Crippen LogP contribution in [0.15, 0.2) is 72.3 Å². The number of carbonyl (C=O) groups is 2. The van der Waals surface area contributed by atoms with Gasteiger partial charge >= 0.3 is 5.97 Å². The van der Waals surface area contributed by atoms with Crippen LogP contribution in [0.25, 0.3) is 6.08 Å². The summed E-state index contributed by atoms with van der Waals surface area (Å²) in [5.41, 5.74) is 1.59. The third kappa shape index (κ3) is 6.93. The van der Waals surface area contributed by atoms with Gasteiger partial charge in [0, 0.05) is 11.3 Å². The molecule has 7 nitrogen and oxygen atoms in total. The van der Waals surface area contributed by atoms with E-state index in [1.807, 2.05) is 13.0 Å². The van der Waals surface area contributed by atoms with E-state index in [4.69, 9.17) is 14.2 Å². The summed E-state index contributed by atoms with van der Waals surface area (Å²) in [5.74, 6) is -0.634. The number of carbonyl (C=O) groups excluding carboxylic acids is 2. The Labute approximate surface area is 208 Å². The first-order chi connectivity index (χ1) is 17.4. The molecule has 0 aliphatic carbocycles. The van der Waals surface area contributed by atoms with Crippen molar-refractivity contribution in [2.75, 3.05) is 18.5 Å². The van der Waals surface area contributed by atoms with E-state index in [1.165, 1.54) is 24.3 Å². The van der Waals surface area contributed by atoms with Crippen LogP contribution in [0.2, 0.25) is 0 Å². The molecule has 0 heterocycles. The molecule has 0 aliphatic heterocycles. The molecule has 0 fully saturated rings. The van der Waals surface area contributed by atoms with Crippen LogP contribution in [-0.4, -0.2) is 25.1 Å². The molecule has 1 N–H and O–H groups in total. The number of amides is 1. The molecule has 36 heavy (non-hydrogen) atoms. The van der Waals surface area contributed by atoms with Crippen LogP contribution in [0.3, 0.4) is 0 Å². The molecule has 0 saturated carbocycles. The van der Waals surface area contributed by atoms with Crippen molar-refractivity contribution in [1.82, 2.24) is 0 Å². The number of esters is 1. The Morgan fingerprint density at radius 2 is 1.72 bits per heavy atom. The Balaban J connectivity index is 1.74. The Morgan fingerprint density at radius 3 is 2.39 bits per heavy atom. The van der Waals surface area contributed by atoms with E-state index in [0.29, 0.717) is 40.5 Å². The second-order valence-electron chi connectivity index (χ2n) is 7.44. The van der Waals surface area contributed by atoms with Crippen LogP contribution in [0.5, 0.6) is 11.5 Å². The number of ether oxygens (including phenoxy) is 3. The zero-order valence-corrected chi connectivity index (χ0v) is 19.9. The number of nitrogens with zero attached hydrogens (tertiary/aromatic N) is 1. The maximum Gasteiger partial charge on any atom is 0.338 e. The number of hydrogen-bond acceptors (Lipinski definition) is 6. The highest BCUT2D eigenvalue weighted by atomic mass is 19.1. The number of nitrogens with one attached hydrogen (secondary N) is 1. The summed E-state index contributed by atoms with van der Waals surface area (Å²) in [6, 6.07) is 19.3. The second-order valence-corrected chi connectivity index (χ2v) is 7.44. The number of nitriles is 1. The highest BCUT2D eigenvalue weighted by Crippen LogP contribution is 2.30. The monoisotopic (exact) mass is 488 g/mol. The van der Waals surface area contributed by atoms with Crippen molar-refractivity contribution in [1.29, 1.82) is 5.26 Å². The molecule has 0 aliphatic rings. The van der Waals surface area contributed by atoms with Gasteiger partial charge in [0.2, 0.25) is 0 Å². The lowest BCUT2D eigenvalue weighted by Crippen LogP contribution is -2.13. The van der Waals surface area contributed by atoms with Crippen molar-refractivity contribution in [3.05, 3.63) is 94.8 Å². The molecular formula is C28H25FN2O5. The van der Waals surface area contributed by atoms with Crippen molar-refractivity contribution in [3.8, 4) is 17.6 Å². The Morgan fingerprint density at radius 1 is 0.972 bits per heavy atom. The SMILES string of the molecule is CCOC(=O)c1ccc(NC(=O)/C(C#N)=C/c2ccc(OCc3ccccc3F)c(OCC)c2)cc1. The molecular weight excluding hydrogens is 463 g/mol. The second kappa shape index (κ2) is 12.7. The van der Waals surface area contributed by atoms with Crippen LogP contribution >= 0.6 is 0 Å². The molecule has 0 spiro atoms. The maximum absolute atomic E-state index is 13.9. The zero-order valence-electron chi connectivity index (χ0n) is 19.9. The smallest absolute Gasteiger partial charge is 0.338 e. The van der Waals surface area contributed by atoms with E-state index < -0.39 is 11.9 Å². The van der Waals surface area contributed by atoms with E-state index in [-0.39, 0.29) is 24.6 Å². The van der Waals surface area contributed by atoms with Gasteiger partial charge in [0.05, 0.1) is 18.8 Å². The molecule has 0 bridgehead atoms. The lowest BCUT2D eigenvalue weighted by atomic mass is 10.1. The molecule has 0 radical (unpaired) electrons. The fraction of sp³-hybridized carbons (Fsp3) is 0.179. The summed E-state index contributed by atoms with van der Waals surface area (Å²) in [6.45, 7) is 4.16. The summed E-state index contributed by atoms with van der Waals surface area (Å²) in [4.78, 5) is 24.4. The molecule has 3 rings (SSSR count). The van der Waals surface area contributed by atoms with Crippen LogP contribution in [0.4, 0.5) is 10.1 Å². The minimum atomic E-state index is -0.612. The number of halogens is 1. The Hall–Kier alpha value is -4.64. The summed E-state index contributed by atoms with van der Waals surface area (Å²) >= 11 is 0. The number of anilines is 1. The van der Waals surface area contributed by atoms with Gasteiger partial charge in [0.25, 0.3) is 5.91 Å². The summed E-state index contributed by atoms with van der Waals surface area (Å²) in [5, 5.41) is 12.2. The van der Waals surface area contributed by atoms with Gasteiger partial charge in [-0.1, -0.05) is 24.3 Å².